The molecule has 0 saturated carbocycles. The standard InChI is InChI=1S/C15H23N3O5S/c1-9(2)8-17-5-6-18(10(3)14(17)19)15(20)12-7-13(23-11(12)4)24(16,21)22/h7,9-10H,5-6,8H2,1-4H3,(H2,16,21,22). The van der Waals surface area contributed by atoms with Crippen LogP contribution in [0.2, 0.25) is 0 Å². The first-order chi connectivity index (χ1) is 11.0. The number of hydrogen-bond acceptors (Lipinski definition) is 5. The van der Waals surface area contributed by atoms with E-state index in [4.69, 9.17) is 9.56 Å². The molecule has 0 spiro atoms. The fraction of sp³-hybridized carbons (Fsp3) is 0.600. The zero-order chi connectivity index (χ0) is 18.2. The van der Waals surface area contributed by atoms with Crippen molar-refractivity contribution in [3.8, 4) is 0 Å². The summed E-state index contributed by atoms with van der Waals surface area (Å²) < 4.78 is 27.8. The van der Waals surface area contributed by atoms with Gasteiger partial charge in [0, 0.05) is 25.7 Å². The third-order valence-corrected chi connectivity index (χ3v) is 4.76. The van der Waals surface area contributed by atoms with Gasteiger partial charge in [-0.15, -0.1) is 0 Å². The lowest BCUT2D eigenvalue weighted by Gasteiger charge is -2.39. The van der Waals surface area contributed by atoms with E-state index >= 15 is 0 Å². The molecule has 9 heteroatoms. The van der Waals surface area contributed by atoms with Crippen molar-refractivity contribution < 1.29 is 22.4 Å². The molecule has 1 aromatic heterocycles. The van der Waals surface area contributed by atoms with Crippen molar-refractivity contribution >= 4 is 21.8 Å². The number of aryl methyl sites for hydroxylation is 1. The maximum Gasteiger partial charge on any atom is 0.271 e. The zero-order valence-corrected chi connectivity index (χ0v) is 15.1. The quantitative estimate of drug-likeness (QED) is 0.846. The molecule has 0 radical (unpaired) electrons. The van der Waals surface area contributed by atoms with Crippen LogP contribution in [0.5, 0.6) is 0 Å². The van der Waals surface area contributed by atoms with Gasteiger partial charge in [0.2, 0.25) is 11.0 Å². The molecule has 1 fully saturated rings. The number of hydrogen-bond donors (Lipinski definition) is 1. The third kappa shape index (κ3) is 3.62. The number of carbonyl (C=O) groups excluding carboxylic acids is 2. The molecule has 1 atom stereocenters. The number of carbonyl (C=O) groups is 2. The van der Waals surface area contributed by atoms with Crippen molar-refractivity contribution in [2.24, 2.45) is 11.1 Å². The Morgan fingerprint density at radius 1 is 1.42 bits per heavy atom. The highest BCUT2D eigenvalue weighted by Crippen LogP contribution is 2.22. The normalized spacial score (nSPS) is 19.2. The second-order valence-electron chi connectivity index (χ2n) is 6.43. The first-order valence-corrected chi connectivity index (χ1v) is 9.30. The Labute approximate surface area is 141 Å². The van der Waals surface area contributed by atoms with Crippen molar-refractivity contribution in [1.82, 2.24) is 9.80 Å². The van der Waals surface area contributed by atoms with Crippen molar-refractivity contribution in [2.75, 3.05) is 19.6 Å². The van der Waals surface area contributed by atoms with Crippen LogP contribution in [0.1, 0.15) is 36.9 Å². The van der Waals surface area contributed by atoms with Gasteiger partial charge >= 0.3 is 0 Å². The molecule has 2 amide bonds. The van der Waals surface area contributed by atoms with Crippen LogP contribution in [0.25, 0.3) is 0 Å². The van der Waals surface area contributed by atoms with Gasteiger partial charge in [0.15, 0.2) is 0 Å². The first-order valence-electron chi connectivity index (χ1n) is 7.75. The average molecular weight is 357 g/mol. The van der Waals surface area contributed by atoms with Gasteiger partial charge in [-0.3, -0.25) is 9.59 Å². The van der Waals surface area contributed by atoms with E-state index < -0.39 is 27.1 Å². The molecule has 1 aliphatic rings. The summed E-state index contributed by atoms with van der Waals surface area (Å²) in [7, 11) is -4.03. The number of primary sulfonamides is 1. The molecule has 1 aliphatic heterocycles. The predicted octanol–water partition coefficient (Wildman–Crippen LogP) is 0.564. The fourth-order valence-corrected chi connectivity index (χ4v) is 3.31. The number of amides is 2. The van der Waals surface area contributed by atoms with E-state index in [1.807, 2.05) is 13.8 Å². The van der Waals surface area contributed by atoms with Crippen LogP contribution in [-0.2, 0) is 14.8 Å². The number of nitrogens with zero attached hydrogens (tertiary/aromatic N) is 2. The van der Waals surface area contributed by atoms with Gasteiger partial charge < -0.3 is 14.2 Å². The Kier molecular flexibility index (Phi) is 5.05. The van der Waals surface area contributed by atoms with Crippen molar-refractivity contribution in [3.05, 3.63) is 17.4 Å². The van der Waals surface area contributed by atoms with E-state index in [9.17, 15) is 18.0 Å². The second kappa shape index (κ2) is 6.56. The summed E-state index contributed by atoms with van der Waals surface area (Å²) in [5.74, 6) is -0.0440. The summed E-state index contributed by atoms with van der Waals surface area (Å²) in [6.07, 6.45) is 0. The number of piperazine rings is 1. The Balaban J connectivity index is 2.22. The Hall–Kier alpha value is -1.87. The zero-order valence-electron chi connectivity index (χ0n) is 14.3. The summed E-state index contributed by atoms with van der Waals surface area (Å²) in [6, 6.07) is 0.502. The van der Waals surface area contributed by atoms with Gasteiger partial charge in [0.25, 0.3) is 15.9 Å². The summed E-state index contributed by atoms with van der Waals surface area (Å²) in [6.45, 7) is 8.69. The number of rotatable bonds is 4. The lowest BCUT2D eigenvalue weighted by Crippen LogP contribution is -2.58. The number of sulfonamides is 1. The van der Waals surface area contributed by atoms with Gasteiger partial charge in [0.05, 0.1) is 5.56 Å². The summed E-state index contributed by atoms with van der Waals surface area (Å²) >= 11 is 0. The second-order valence-corrected chi connectivity index (χ2v) is 7.93. The number of furan rings is 1. The minimum Gasteiger partial charge on any atom is -0.448 e. The van der Waals surface area contributed by atoms with E-state index in [1.165, 1.54) is 11.8 Å². The highest BCUT2D eigenvalue weighted by Gasteiger charge is 2.36. The van der Waals surface area contributed by atoms with Crippen molar-refractivity contribution in [3.63, 3.8) is 0 Å². The van der Waals surface area contributed by atoms with Crippen molar-refractivity contribution in [1.29, 1.82) is 0 Å². The molecule has 8 nitrogen and oxygen atoms in total. The molecule has 2 rings (SSSR count). The molecule has 24 heavy (non-hydrogen) atoms. The SMILES string of the molecule is Cc1oc(S(N)(=O)=O)cc1C(=O)N1CCN(CC(C)C)C(=O)C1C. The highest BCUT2D eigenvalue weighted by molar-refractivity contribution is 7.89. The van der Waals surface area contributed by atoms with E-state index in [2.05, 4.69) is 0 Å². The van der Waals surface area contributed by atoms with Gasteiger partial charge in [-0.05, 0) is 19.8 Å². The minimum absolute atomic E-state index is 0.107. The van der Waals surface area contributed by atoms with Gasteiger partial charge in [-0.25, -0.2) is 13.6 Å². The largest absolute Gasteiger partial charge is 0.448 e. The Morgan fingerprint density at radius 3 is 2.54 bits per heavy atom. The summed E-state index contributed by atoms with van der Waals surface area (Å²) in [4.78, 5) is 28.3. The maximum atomic E-state index is 12.7. The lowest BCUT2D eigenvalue weighted by atomic mass is 10.1. The van der Waals surface area contributed by atoms with E-state index in [0.29, 0.717) is 25.6 Å². The highest BCUT2D eigenvalue weighted by atomic mass is 32.2. The molecule has 0 aromatic carbocycles. The molecule has 2 N–H and O–H groups in total. The van der Waals surface area contributed by atoms with Gasteiger partial charge in [-0.2, -0.15) is 0 Å². The predicted molar refractivity (Wildman–Crippen MR) is 86.7 cm³/mol. The van der Waals surface area contributed by atoms with Gasteiger partial charge in [-0.1, -0.05) is 13.8 Å². The van der Waals surface area contributed by atoms with E-state index in [-0.39, 0.29) is 17.2 Å². The van der Waals surface area contributed by atoms with Crippen LogP contribution in [0.3, 0.4) is 0 Å². The molecule has 2 heterocycles. The monoisotopic (exact) mass is 357 g/mol. The molecule has 1 aromatic rings. The summed E-state index contributed by atoms with van der Waals surface area (Å²) in [5, 5.41) is 4.57. The average Bonchev–Trinajstić information content (AvgIpc) is 2.85. The van der Waals surface area contributed by atoms with E-state index in [0.717, 1.165) is 6.07 Å². The van der Waals surface area contributed by atoms with Crippen LogP contribution in [0.4, 0.5) is 0 Å². The summed E-state index contributed by atoms with van der Waals surface area (Å²) in [5.41, 5.74) is 0.107. The molecule has 0 aliphatic carbocycles. The molecular weight excluding hydrogens is 334 g/mol. The van der Waals surface area contributed by atoms with Gasteiger partial charge in [0.1, 0.15) is 11.8 Å². The first kappa shape index (κ1) is 18.5. The Morgan fingerprint density at radius 2 is 2.04 bits per heavy atom. The topological polar surface area (TPSA) is 114 Å². The molecule has 134 valence electrons. The van der Waals surface area contributed by atoms with Crippen LogP contribution in [0.15, 0.2) is 15.6 Å². The third-order valence-electron chi connectivity index (χ3n) is 4.00. The van der Waals surface area contributed by atoms with E-state index in [1.54, 1.807) is 11.8 Å². The lowest BCUT2D eigenvalue weighted by molar-refractivity contribution is -0.140. The molecule has 1 unspecified atom stereocenters. The maximum absolute atomic E-state index is 12.7. The molecule has 0 bridgehead atoms. The van der Waals surface area contributed by atoms with Crippen LogP contribution in [0, 0.1) is 12.8 Å². The van der Waals surface area contributed by atoms with Crippen LogP contribution >= 0.6 is 0 Å². The molecule has 1 saturated heterocycles. The van der Waals surface area contributed by atoms with Crippen LogP contribution in [-0.4, -0.2) is 55.7 Å². The Bertz CT molecular complexity index is 753. The van der Waals surface area contributed by atoms with Crippen LogP contribution < -0.4 is 5.14 Å². The van der Waals surface area contributed by atoms with Crippen molar-refractivity contribution in [2.45, 2.75) is 38.8 Å². The number of nitrogens with two attached hydrogens (primary N) is 1. The minimum atomic E-state index is -4.03. The smallest absolute Gasteiger partial charge is 0.271 e. The fourth-order valence-electron chi connectivity index (χ4n) is 2.79. The molecular formula is C15H23N3O5S.